The van der Waals surface area contributed by atoms with Crippen LogP contribution in [0.5, 0.6) is 0 Å². The maximum absolute atomic E-state index is 14.8. The lowest BCUT2D eigenvalue weighted by atomic mass is 9.91. The number of amides is 2. The van der Waals surface area contributed by atoms with Crippen LogP contribution in [0.2, 0.25) is 0 Å². The number of nitrogen functional groups attached to an aromatic ring is 1. The fraction of sp³-hybridized carbons (Fsp3) is 0.825. The number of Topliss-reactive ketones (excluding diaryl/α,β-unsaturated/α-hetero) is 1. The number of anilines is 2. The highest BCUT2D eigenvalue weighted by molar-refractivity contribution is 7.53. The van der Waals surface area contributed by atoms with Gasteiger partial charge in [0.15, 0.2) is 11.5 Å². The zero-order valence-corrected chi connectivity index (χ0v) is 65.7. The Bertz CT molecular complexity index is 2610. The number of nitrogens with two attached hydrogens (primary N) is 2. The number of H-pyrrole nitrogens is 1. The average Bonchev–Trinajstić information content (AvgIpc) is 1.64. The van der Waals surface area contributed by atoms with Crippen molar-refractivity contribution < 1.29 is 28.0 Å². The normalized spacial score (nSPS) is 14.7. The molecule has 570 valence electrons. The van der Waals surface area contributed by atoms with Gasteiger partial charge in [0.1, 0.15) is 11.3 Å². The fourth-order valence-corrected chi connectivity index (χ4v) is 15.0. The first-order chi connectivity index (χ1) is 47.6. The smallest absolute Gasteiger partial charge is 0.330 e. The minimum Gasteiger partial charge on any atom is -0.382 e. The van der Waals surface area contributed by atoms with Crippen LogP contribution in [0, 0.1) is 47.3 Å². The van der Waals surface area contributed by atoms with Crippen molar-refractivity contribution in [1.82, 2.24) is 40.8 Å². The summed E-state index contributed by atoms with van der Waals surface area (Å²) < 4.78 is 29.0. The number of hydrogen-bond donors (Lipinski definition) is 8. The van der Waals surface area contributed by atoms with Gasteiger partial charge in [0.2, 0.25) is 11.9 Å². The van der Waals surface area contributed by atoms with E-state index in [0.29, 0.717) is 106 Å². The van der Waals surface area contributed by atoms with E-state index >= 15 is 0 Å². The second-order valence-corrected chi connectivity index (χ2v) is 33.4. The Balaban J connectivity index is 1.56. The number of carbonyl (C=O) groups excluding carboxylic acids is 3. The molecule has 0 radical (unpaired) electrons. The lowest BCUT2D eigenvalue weighted by Crippen LogP contribution is -2.38. The molecule has 0 fully saturated rings. The molecule has 3 rings (SSSR count). The molecule has 0 aliphatic carbocycles. The fourth-order valence-electron chi connectivity index (χ4n) is 13.3. The van der Waals surface area contributed by atoms with Gasteiger partial charge in [-0.25, -0.2) is 4.79 Å². The maximum Gasteiger partial charge on any atom is 0.330 e. The van der Waals surface area contributed by atoms with Crippen LogP contribution in [0.1, 0.15) is 317 Å². The van der Waals surface area contributed by atoms with E-state index in [0.717, 1.165) is 125 Å². The summed E-state index contributed by atoms with van der Waals surface area (Å²) in [5.41, 5.74) is 13.3. The summed E-state index contributed by atoms with van der Waals surface area (Å²) in [6.07, 6.45) is 38.9. The zero-order chi connectivity index (χ0) is 72.5. The number of aromatic nitrogens is 4. The Hall–Kier alpha value is -4.19. The number of unbranched alkanes of at least 4 members (excludes halogenated alkanes) is 8. The maximum atomic E-state index is 14.8. The highest BCUT2D eigenvalue weighted by Crippen LogP contribution is 2.49. The molecule has 0 saturated heterocycles. The Morgan fingerprint density at radius 1 is 0.545 bits per heavy atom. The molecule has 2 amide bonds. The van der Waals surface area contributed by atoms with Gasteiger partial charge >= 0.3 is 13.3 Å². The van der Waals surface area contributed by atoms with Gasteiger partial charge in [0, 0.05) is 25.1 Å². The van der Waals surface area contributed by atoms with E-state index in [2.05, 4.69) is 118 Å². The number of benzene rings is 1. The van der Waals surface area contributed by atoms with Gasteiger partial charge in [-0.1, -0.05) is 242 Å². The van der Waals surface area contributed by atoms with E-state index in [1.54, 1.807) is 24.3 Å². The molecule has 6 unspecified atom stereocenters. The van der Waals surface area contributed by atoms with Gasteiger partial charge in [0.25, 0.3) is 5.91 Å². The molecular formula is C80H148N11O7P. The minimum absolute atomic E-state index is 0.179. The van der Waals surface area contributed by atoms with Crippen LogP contribution in [0.15, 0.2) is 29.1 Å². The van der Waals surface area contributed by atoms with Crippen LogP contribution in [-0.4, -0.2) is 108 Å². The Kier molecular flexibility index (Phi) is 49.0. The standard InChI is InChI=1S/C80H148N11O7P/c1-12-13-54-86-79-89-76(82)75-77(90-79)91(80(95)88-75)61-70-45-47-71(48-46-70)78(94)87-60-74(93)85-55-22-20-43-72(73(92)44-19-17-15-14-16-18-21-52-83-53-29-51-81)84-56-30-59-99(96,97-57-49-68(10)41-27-39-66(8)37-25-35-64(6)33-23-31-62(2)3)98-58-50-69(11)42-28-40-67(9)38-26-36-65(7)34-24-32-63(4)5/h45-48,62-69,72,83-84H,12-44,49-61,81H2,1-11H3,(H,85,93)(H,87,94)(H,88,95)(H3,82,86,89,90)/t64?,65?,66?,67?,68?,69?,72-,99?/m0/s1. The minimum atomic E-state index is -3.42. The predicted molar refractivity (Wildman–Crippen MR) is 417 cm³/mol. The molecule has 1 aromatic carbocycles. The molecule has 2 heterocycles. The number of nitrogens with one attached hydrogen (secondary N) is 6. The SMILES string of the molecule is CCCCNc1nc(N)c2[nH]c(=O)n(Cc3ccc(C(=O)NCC(=O)NCCCC[C@H](NCCCP(=O)(OCCC(C)CCCC(C)CCCC(C)CCCC(C)C)OCCC(C)CCCC(C)CCCC(C)CCCC(C)C)C(=O)CCCCCCCCCNCCCN)cc3)c2n1. The van der Waals surface area contributed by atoms with Crippen molar-refractivity contribution in [3.8, 4) is 0 Å². The van der Waals surface area contributed by atoms with Crippen molar-refractivity contribution in [2.75, 3.05) is 76.2 Å². The van der Waals surface area contributed by atoms with E-state index in [4.69, 9.17) is 20.5 Å². The third kappa shape index (κ3) is 42.9. The summed E-state index contributed by atoms with van der Waals surface area (Å²) in [5, 5.41) is 15.9. The Morgan fingerprint density at radius 3 is 1.57 bits per heavy atom. The third-order valence-electron chi connectivity index (χ3n) is 20.2. The van der Waals surface area contributed by atoms with E-state index in [1.807, 2.05) is 0 Å². The van der Waals surface area contributed by atoms with Crippen molar-refractivity contribution >= 4 is 48.1 Å². The van der Waals surface area contributed by atoms with Gasteiger partial charge in [-0.15, -0.1) is 0 Å². The molecular weight excluding hydrogens is 1260 g/mol. The van der Waals surface area contributed by atoms with Gasteiger partial charge < -0.3 is 52.1 Å². The van der Waals surface area contributed by atoms with Crippen LogP contribution >= 0.6 is 7.60 Å². The van der Waals surface area contributed by atoms with Gasteiger partial charge in [-0.05, 0) is 155 Å². The van der Waals surface area contributed by atoms with Crippen LogP contribution in [0.25, 0.3) is 11.2 Å². The number of nitrogens with zero attached hydrogens (tertiary/aromatic N) is 3. The van der Waals surface area contributed by atoms with Crippen LogP contribution in [0.4, 0.5) is 11.8 Å². The average molecular weight is 1410 g/mol. The summed E-state index contributed by atoms with van der Waals surface area (Å²) in [6, 6.07) is 6.49. The monoisotopic (exact) mass is 1410 g/mol. The molecule has 0 aliphatic rings. The highest BCUT2D eigenvalue weighted by Gasteiger charge is 2.27. The summed E-state index contributed by atoms with van der Waals surface area (Å²) in [6.45, 7) is 30.8. The van der Waals surface area contributed by atoms with E-state index in [-0.39, 0.29) is 42.3 Å². The molecule has 2 aromatic heterocycles. The molecule has 3 aromatic rings. The van der Waals surface area contributed by atoms with Crippen molar-refractivity contribution in [2.45, 2.75) is 313 Å². The van der Waals surface area contributed by atoms with Crippen LogP contribution in [0.3, 0.4) is 0 Å². The second kappa shape index (κ2) is 54.5. The largest absolute Gasteiger partial charge is 0.382 e. The van der Waals surface area contributed by atoms with E-state index in [1.165, 1.54) is 133 Å². The van der Waals surface area contributed by atoms with Crippen molar-refractivity contribution in [1.29, 1.82) is 0 Å². The lowest BCUT2D eigenvalue weighted by Gasteiger charge is -2.22. The molecule has 18 nitrogen and oxygen atoms in total. The van der Waals surface area contributed by atoms with E-state index < -0.39 is 13.5 Å². The summed E-state index contributed by atoms with van der Waals surface area (Å²) in [5.74, 6) is 5.65. The van der Waals surface area contributed by atoms with Gasteiger partial charge in [0.05, 0.1) is 38.5 Å². The number of rotatable bonds is 65. The van der Waals surface area contributed by atoms with Crippen molar-refractivity contribution in [3.05, 3.63) is 45.9 Å². The first kappa shape index (κ1) is 89.0. The molecule has 7 atom stereocenters. The lowest BCUT2D eigenvalue weighted by molar-refractivity contribution is -0.122. The zero-order valence-electron chi connectivity index (χ0n) is 64.8. The van der Waals surface area contributed by atoms with Crippen molar-refractivity contribution in [3.63, 3.8) is 0 Å². The predicted octanol–water partition coefficient (Wildman–Crippen LogP) is 18.1. The van der Waals surface area contributed by atoms with E-state index in [9.17, 15) is 23.7 Å². The molecule has 0 bridgehead atoms. The number of imidazole rings is 1. The Labute approximate surface area is 602 Å². The third-order valence-corrected chi connectivity index (χ3v) is 22.2. The molecule has 10 N–H and O–H groups in total. The second-order valence-electron chi connectivity index (χ2n) is 31.2. The van der Waals surface area contributed by atoms with Gasteiger partial charge in [-0.2, -0.15) is 9.97 Å². The number of carbonyl (C=O) groups is 3. The van der Waals surface area contributed by atoms with Crippen LogP contribution in [-0.2, 0) is 29.7 Å². The quantitative estimate of drug-likeness (QED) is 0.0193. The number of ketones is 1. The molecule has 0 saturated carbocycles. The van der Waals surface area contributed by atoms with Crippen molar-refractivity contribution in [2.24, 2.45) is 53.1 Å². The molecule has 0 aliphatic heterocycles. The number of aromatic amines is 1. The number of fused-ring (bicyclic) bond motifs is 1. The first-order valence-corrected chi connectivity index (χ1v) is 42.0. The molecule has 99 heavy (non-hydrogen) atoms. The molecule has 19 heteroatoms. The topological polar surface area (TPSA) is 262 Å². The first-order valence-electron chi connectivity index (χ1n) is 40.3. The number of hydrogen-bond acceptors (Lipinski definition) is 14. The van der Waals surface area contributed by atoms with Gasteiger partial charge in [-0.3, -0.25) is 23.5 Å². The summed E-state index contributed by atoms with van der Waals surface area (Å²) >= 11 is 0. The summed E-state index contributed by atoms with van der Waals surface area (Å²) in [7, 11) is -3.42. The van der Waals surface area contributed by atoms with Crippen LogP contribution < -0.4 is 43.7 Å². The Morgan fingerprint density at radius 2 is 1.04 bits per heavy atom. The molecule has 0 spiro atoms. The highest BCUT2D eigenvalue weighted by atomic mass is 31.2. The summed E-state index contributed by atoms with van der Waals surface area (Å²) in [4.78, 5) is 64.8.